The van der Waals surface area contributed by atoms with Crippen LogP contribution in [0.4, 0.5) is 11.4 Å². The number of carbonyl (C=O) groups excluding carboxylic acids is 4. The monoisotopic (exact) mass is 359 g/mol. The summed E-state index contributed by atoms with van der Waals surface area (Å²) in [6.07, 6.45) is 1.33. The minimum Gasteiger partial charge on any atom is -0.459 e. The maximum Gasteiger partial charge on any atom is 0.325 e. The Bertz CT molecular complexity index is 783. The Labute approximate surface area is 148 Å². The van der Waals surface area contributed by atoms with Gasteiger partial charge in [0.25, 0.3) is 11.8 Å². The molecule has 9 nitrogen and oxygen atoms in total. The maximum atomic E-state index is 11.7. The summed E-state index contributed by atoms with van der Waals surface area (Å²) in [4.78, 5) is 45.8. The summed E-state index contributed by atoms with van der Waals surface area (Å²) < 4.78 is 9.64. The van der Waals surface area contributed by atoms with Crippen LogP contribution in [0, 0.1) is 0 Å². The molecule has 0 aliphatic heterocycles. The van der Waals surface area contributed by atoms with Gasteiger partial charge in [-0.1, -0.05) is 0 Å². The van der Waals surface area contributed by atoms with Crippen molar-refractivity contribution >= 4 is 35.1 Å². The molecule has 0 unspecified atom stereocenters. The lowest BCUT2D eigenvalue weighted by Gasteiger charge is -2.08. The Balaban J connectivity index is 1.70. The van der Waals surface area contributed by atoms with Gasteiger partial charge in [-0.05, 0) is 36.4 Å². The van der Waals surface area contributed by atoms with Crippen molar-refractivity contribution < 1.29 is 28.3 Å². The molecule has 0 atom stereocenters. The molecule has 3 N–H and O–H groups in total. The van der Waals surface area contributed by atoms with Gasteiger partial charge in [-0.3, -0.25) is 19.2 Å². The van der Waals surface area contributed by atoms with E-state index in [-0.39, 0.29) is 11.7 Å². The fraction of sp³-hybridized carbons (Fsp3) is 0.176. The highest BCUT2D eigenvalue weighted by atomic mass is 16.5. The first-order valence-corrected chi connectivity index (χ1v) is 7.59. The van der Waals surface area contributed by atoms with E-state index in [1.165, 1.54) is 19.3 Å². The van der Waals surface area contributed by atoms with Crippen LogP contribution < -0.4 is 16.0 Å². The van der Waals surface area contributed by atoms with Crippen LogP contribution in [0.2, 0.25) is 0 Å². The van der Waals surface area contributed by atoms with Crippen molar-refractivity contribution in [2.45, 2.75) is 6.92 Å². The summed E-state index contributed by atoms with van der Waals surface area (Å²) in [5.74, 6) is -1.99. The topological polar surface area (TPSA) is 127 Å². The average Bonchev–Trinajstić information content (AvgIpc) is 3.14. The van der Waals surface area contributed by atoms with Gasteiger partial charge in [0.2, 0.25) is 5.91 Å². The Morgan fingerprint density at radius 2 is 1.65 bits per heavy atom. The Kier molecular flexibility index (Phi) is 6.49. The van der Waals surface area contributed by atoms with E-state index in [1.54, 1.807) is 30.3 Å². The minimum atomic E-state index is -0.763. The smallest absolute Gasteiger partial charge is 0.325 e. The van der Waals surface area contributed by atoms with Crippen molar-refractivity contribution in [2.24, 2.45) is 0 Å². The van der Waals surface area contributed by atoms with E-state index in [0.717, 1.165) is 0 Å². The van der Waals surface area contributed by atoms with E-state index in [2.05, 4.69) is 16.0 Å². The van der Waals surface area contributed by atoms with E-state index in [4.69, 9.17) is 9.15 Å². The van der Waals surface area contributed by atoms with Gasteiger partial charge in [-0.2, -0.15) is 0 Å². The van der Waals surface area contributed by atoms with E-state index in [0.29, 0.717) is 11.4 Å². The second-order valence-corrected chi connectivity index (χ2v) is 5.13. The molecule has 0 aliphatic carbocycles. The van der Waals surface area contributed by atoms with E-state index in [1.807, 2.05) is 0 Å². The zero-order valence-electron chi connectivity index (χ0n) is 13.9. The molecule has 0 saturated heterocycles. The van der Waals surface area contributed by atoms with Crippen LogP contribution in [0.15, 0.2) is 47.1 Å². The van der Waals surface area contributed by atoms with Gasteiger partial charge in [-0.25, -0.2) is 0 Å². The summed E-state index contributed by atoms with van der Waals surface area (Å²) >= 11 is 0. The largest absolute Gasteiger partial charge is 0.459 e. The number of nitrogens with one attached hydrogen (secondary N) is 3. The molecule has 0 saturated carbocycles. The molecule has 0 radical (unpaired) electrons. The summed E-state index contributed by atoms with van der Waals surface area (Å²) in [6.45, 7) is 0.502. The van der Waals surface area contributed by atoms with Crippen LogP contribution in [-0.4, -0.2) is 36.8 Å². The lowest BCUT2D eigenvalue weighted by molar-refractivity contribution is -0.146. The van der Waals surface area contributed by atoms with E-state index in [9.17, 15) is 19.2 Å². The molecular formula is C17H17N3O6. The summed E-state index contributed by atoms with van der Waals surface area (Å²) in [7, 11) is 0. The van der Waals surface area contributed by atoms with Crippen molar-refractivity contribution in [3.8, 4) is 0 Å². The maximum absolute atomic E-state index is 11.7. The fourth-order valence-electron chi connectivity index (χ4n) is 1.88. The first-order chi connectivity index (χ1) is 12.4. The second kappa shape index (κ2) is 9.02. The molecule has 1 heterocycles. The van der Waals surface area contributed by atoms with Crippen LogP contribution in [0.5, 0.6) is 0 Å². The average molecular weight is 359 g/mol. The summed E-state index contributed by atoms with van der Waals surface area (Å²) in [5.41, 5.74) is 1.07. The highest BCUT2D eigenvalue weighted by Gasteiger charge is 2.12. The number of hydrogen-bond donors (Lipinski definition) is 3. The Hall–Kier alpha value is -3.62. The van der Waals surface area contributed by atoms with Crippen LogP contribution in [-0.2, 0) is 19.1 Å². The van der Waals surface area contributed by atoms with Crippen LogP contribution in [0.1, 0.15) is 17.5 Å². The van der Waals surface area contributed by atoms with Gasteiger partial charge in [0.05, 0.1) is 6.26 Å². The van der Waals surface area contributed by atoms with Crippen LogP contribution in [0.25, 0.3) is 0 Å². The number of furan rings is 1. The van der Waals surface area contributed by atoms with Gasteiger partial charge >= 0.3 is 5.97 Å². The van der Waals surface area contributed by atoms with Gasteiger partial charge < -0.3 is 25.1 Å². The minimum absolute atomic E-state index is 0.0678. The fourth-order valence-corrected chi connectivity index (χ4v) is 1.88. The molecule has 1 aromatic carbocycles. The molecule has 2 aromatic rings. The highest BCUT2D eigenvalue weighted by Crippen LogP contribution is 2.13. The van der Waals surface area contributed by atoms with Crippen LogP contribution >= 0.6 is 0 Å². The van der Waals surface area contributed by atoms with Crippen molar-refractivity contribution in [1.29, 1.82) is 0 Å². The first-order valence-electron chi connectivity index (χ1n) is 7.59. The quantitative estimate of drug-likeness (QED) is 0.637. The highest BCUT2D eigenvalue weighted by molar-refractivity contribution is 5.95. The van der Waals surface area contributed by atoms with Crippen molar-refractivity contribution in [2.75, 3.05) is 23.8 Å². The third kappa shape index (κ3) is 6.11. The number of ether oxygens (including phenoxy) is 1. The molecule has 2 rings (SSSR count). The number of hydrogen-bond acceptors (Lipinski definition) is 6. The normalized spacial score (nSPS) is 9.88. The second-order valence-electron chi connectivity index (χ2n) is 5.13. The lowest BCUT2D eigenvalue weighted by Crippen LogP contribution is -2.32. The molecule has 26 heavy (non-hydrogen) atoms. The number of benzene rings is 1. The molecule has 1 aromatic heterocycles. The molecule has 3 amide bonds. The van der Waals surface area contributed by atoms with E-state index >= 15 is 0 Å². The van der Waals surface area contributed by atoms with E-state index < -0.39 is 30.9 Å². The third-order valence-corrected chi connectivity index (χ3v) is 2.99. The van der Waals surface area contributed by atoms with Crippen molar-refractivity contribution in [3.05, 3.63) is 48.4 Å². The van der Waals surface area contributed by atoms with Crippen molar-refractivity contribution in [1.82, 2.24) is 5.32 Å². The zero-order chi connectivity index (χ0) is 18.9. The first kappa shape index (κ1) is 18.7. The van der Waals surface area contributed by atoms with Crippen molar-refractivity contribution in [3.63, 3.8) is 0 Å². The summed E-state index contributed by atoms with van der Waals surface area (Å²) in [6, 6.07) is 9.41. The predicted molar refractivity (Wildman–Crippen MR) is 91.4 cm³/mol. The molecular weight excluding hydrogens is 342 g/mol. The standard InChI is InChI=1S/C17H17N3O6/c1-11(21)19-12-4-6-13(7-5-12)20-15(22)10-26-16(23)9-18-17(24)14-3-2-8-25-14/h2-8H,9-10H2,1H3,(H,18,24)(H,19,21)(H,20,22). The zero-order valence-corrected chi connectivity index (χ0v) is 13.9. The summed E-state index contributed by atoms with van der Waals surface area (Å²) in [5, 5.41) is 7.44. The Morgan fingerprint density at radius 1 is 1.00 bits per heavy atom. The number of carbonyl (C=O) groups is 4. The molecule has 0 aliphatic rings. The third-order valence-electron chi connectivity index (χ3n) is 2.99. The number of esters is 1. The number of amides is 3. The van der Waals surface area contributed by atoms with Crippen LogP contribution in [0.3, 0.4) is 0 Å². The molecule has 0 bridgehead atoms. The Morgan fingerprint density at radius 3 is 2.23 bits per heavy atom. The van der Waals surface area contributed by atoms with Gasteiger partial charge in [0, 0.05) is 18.3 Å². The van der Waals surface area contributed by atoms with Gasteiger partial charge in [-0.15, -0.1) is 0 Å². The predicted octanol–water partition coefficient (Wildman–Crippen LogP) is 1.15. The number of rotatable bonds is 7. The molecule has 136 valence electrons. The van der Waals surface area contributed by atoms with Gasteiger partial charge in [0.1, 0.15) is 6.54 Å². The number of anilines is 2. The molecule has 0 fully saturated rings. The van der Waals surface area contributed by atoms with Gasteiger partial charge in [0.15, 0.2) is 12.4 Å². The SMILES string of the molecule is CC(=O)Nc1ccc(NC(=O)COC(=O)CNC(=O)c2ccco2)cc1. The molecule has 0 spiro atoms. The lowest BCUT2D eigenvalue weighted by atomic mass is 10.2. The molecule has 9 heteroatoms.